The number of benzene rings is 3. The Morgan fingerprint density at radius 2 is 1.27 bits per heavy atom. The Morgan fingerprint density at radius 1 is 0.676 bits per heavy atom. The van der Waals surface area contributed by atoms with Crippen molar-refractivity contribution in [2.75, 3.05) is 9.80 Å². The van der Waals surface area contributed by atoms with Gasteiger partial charge in [0.15, 0.2) is 5.67 Å². The number of anilines is 4. The van der Waals surface area contributed by atoms with E-state index in [9.17, 15) is 0 Å². The number of para-hydroxylation sites is 2. The van der Waals surface area contributed by atoms with Crippen LogP contribution >= 0.6 is 0 Å². The van der Waals surface area contributed by atoms with Gasteiger partial charge in [0.1, 0.15) is 0 Å². The van der Waals surface area contributed by atoms with E-state index in [0.717, 1.165) is 36.1 Å². The lowest BCUT2D eigenvalue weighted by atomic mass is 9.33. The minimum absolute atomic E-state index is 0.0108. The highest BCUT2D eigenvalue weighted by atomic mass is 19.2. The van der Waals surface area contributed by atoms with Gasteiger partial charge in [-0.05, 0) is 73.1 Å². The monoisotopic (exact) mass is 492 g/mol. The zero-order valence-corrected chi connectivity index (χ0v) is 21.6. The van der Waals surface area contributed by atoms with Crippen molar-refractivity contribution < 1.29 is 8.78 Å². The summed E-state index contributed by atoms with van der Waals surface area (Å²) in [5.74, 6) is -2.04. The Labute approximate surface area is 217 Å². The molecule has 37 heavy (non-hydrogen) atoms. The van der Waals surface area contributed by atoms with Crippen molar-refractivity contribution in [3.8, 4) is 0 Å². The maximum Gasteiger partial charge on any atom is 0.252 e. The summed E-state index contributed by atoms with van der Waals surface area (Å²) in [5, 5.41) is 0. The fourth-order valence-electron chi connectivity index (χ4n) is 9.70. The van der Waals surface area contributed by atoms with E-state index in [1.807, 2.05) is 12.1 Å². The van der Waals surface area contributed by atoms with Crippen LogP contribution in [0, 0.1) is 0 Å². The lowest BCUT2D eigenvalue weighted by Crippen LogP contribution is -2.66. The summed E-state index contributed by atoms with van der Waals surface area (Å²) in [6, 6.07) is 19.2. The molecule has 6 aliphatic rings. The van der Waals surface area contributed by atoms with Gasteiger partial charge >= 0.3 is 0 Å². The van der Waals surface area contributed by atoms with Gasteiger partial charge in [0.05, 0.1) is 5.54 Å². The molecule has 2 aliphatic carbocycles. The maximum absolute atomic E-state index is 17.3. The van der Waals surface area contributed by atoms with Gasteiger partial charge in [-0.1, -0.05) is 62.2 Å². The van der Waals surface area contributed by atoms with E-state index in [-0.39, 0.29) is 30.5 Å². The molecule has 0 radical (unpaired) electrons. The second-order valence-electron chi connectivity index (χ2n) is 12.9. The van der Waals surface area contributed by atoms with Crippen molar-refractivity contribution in [2.24, 2.45) is 0 Å². The molecule has 4 heterocycles. The second-order valence-corrected chi connectivity index (χ2v) is 12.9. The van der Waals surface area contributed by atoms with Crippen LogP contribution < -0.4 is 26.2 Å². The first-order chi connectivity index (χ1) is 17.9. The molecule has 5 heteroatoms. The predicted molar refractivity (Wildman–Crippen MR) is 148 cm³/mol. The number of fused-ring (bicyclic) bond motifs is 10. The van der Waals surface area contributed by atoms with Gasteiger partial charge in [0.2, 0.25) is 5.79 Å². The zero-order chi connectivity index (χ0) is 24.9. The fraction of sp³-hybridized carbons (Fsp3) is 0.438. The molecule has 3 aromatic carbocycles. The molecule has 0 aromatic heterocycles. The minimum Gasteiger partial charge on any atom is -0.335 e. The molecular formula is C32H31BF2N2. The molecule has 2 saturated carbocycles. The van der Waals surface area contributed by atoms with Crippen LogP contribution in [0.15, 0.2) is 54.6 Å². The maximum atomic E-state index is 17.3. The molecule has 0 N–H and O–H groups in total. The summed E-state index contributed by atoms with van der Waals surface area (Å²) < 4.78 is 34.3. The van der Waals surface area contributed by atoms with Crippen LogP contribution in [0.25, 0.3) is 0 Å². The van der Waals surface area contributed by atoms with Crippen LogP contribution in [0.5, 0.6) is 0 Å². The summed E-state index contributed by atoms with van der Waals surface area (Å²) >= 11 is 0. The average Bonchev–Trinajstić information content (AvgIpc) is 3.25. The van der Waals surface area contributed by atoms with Crippen molar-refractivity contribution in [3.05, 3.63) is 65.7 Å². The molecule has 9 rings (SSSR count). The number of hydrogen-bond donors (Lipinski definition) is 0. The molecule has 3 aromatic rings. The Kier molecular flexibility index (Phi) is 3.57. The number of halogens is 2. The van der Waals surface area contributed by atoms with E-state index in [4.69, 9.17) is 0 Å². The van der Waals surface area contributed by atoms with Crippen LogP contribution in [0.1, 0.15) is 76.3 Å². The summed E-state index contributed by atoms with van der Waals surface area (Å²) in [6.45, 7) is 4.91. The Morgan fingerprint density at radius 3 is 2.05 bits per heavy atom. The Hall–Kier alpha value is -2.82. The van der Waals surface area contributed by atoms with E-state index in [2.05, 4.69) is 61.2 Å². The molecule has 186 valence electrons. The van der Waals surface area contributed by atoms with Gasteiger partial charge in [0.25, 0.3) is 6.71 Å². The third kappa shape index (κ3) is 2.00. The minimum atomic E-state index is -2.04. The molecule has 0 saturated heterocycles. The SMILES string of the molecule is CC12CCCCC1(C)N1c3cccc4c3B(c3cccc2c31)c1cccc2c1N4C1(F)CCCCC21F. The fourth-order valence-corrected chi connectivity index (χ4v) is 9.70. The second kappa shape index (κ2) is 6.25. The molecule has 4 atom stereocenters. The highest BCUT2D eigenvalue weighted by molar-refractivity contribution is 7.00. The lowest BCUT2D eigenvalue weighted by molar-refractivity contribution is -0.0615. The smallest absolute Gasteiger partial charge is 0.252 e. The first-order valence-corrected chi connectivity index (χ1v) is 14.2. The average molecular weight is 492 g/mol. The van der Waals surface area contributed by atoms with Crippen molar-refractivity contribution in [2.45, 2.75) is 87.6 Å². The van der Waals surface area contributed by atoms with Gasteiger partial charge < -0.3 is 9.80 Å². The first kappa shape index (κ1) is 21.2. The van der Waals surface area contributed by atoms with Gasteiger partial charge in [0, 0.05) is 40.1 Å². The lowest BCUT2D eigenvalue weighted by Gasteiger charge is -2.53. The Balaban J connectivity index is 1.42. The summed E-state index contributed by atoms with van der Waals surface area (Å²) in [4.78, 5) is 4.44. The topological polar surface area (TPSA) is 6.48 Å². The molecule has 0 bridgehead atoms. The van der Waals surface area contributed by atoms with Crippen LogP contribution in [0.2, 0.25) is 0 Å². The largest absolute Gasteiger partial charge is 0.335 e. The van der Waals surface area contributed by atoms with Gasteiger partial charge in [-0.3, -0.25) is 0 Å². The van der Waals surface area contributed by atoms with Crippen LogP contribution in [0.4, 0.5) is 31.5 Å². The zero-order valence-electron chi connectivity index (χ0n) is 21.6. The van der Waals surface area contributed by atoms with Crippen molar-refractivity contribution in [3.63, 3.8) is 0 Å². The molecule has 4 unspecified atom stereocenters. The van der Waals surface area contributed by atoms with Crippen LogP contribution in [-0.4, -0.2) is 18.0 Å². The Bertz CT molecular complexity index is 1440. The van der Waals surface area contributed by atoms with Crippen molar-refractivity contribution >= 4 is 45.9 Å². The van der Waals surface area contributed by atoms with Crippen molar-refractivity contribution in [1.82, 2.24) is 0 Å². The normalized spacial score (nSPS) is 35.5. The molecule has 2 nitrogen and oxygen atoms in total. The van der Waals surface area contributed by atoms with Gasteiger partial charge in [-0.25, -0.2) is 8.78 Å². The highest BCUT2D eigenvalue weighted by Crippen LogP contribution is 2.65. The summed E-state index contributed by atoms with van der Waals surface area (Å²) in [7, 11) is 0. The molecule has 0 spiro atoms. The molecular weight excluding hydrogens is 461 g/mol. The van der Waals surface area contributed by atoms with Gasteiger partial charge in [-0.2, -0.15) is 0 Å². The standard InChI is InChI=1S/C32H31BF2N2/c1-29-16-3-4-17-30(29,2)36-24-14-9-15-25-26(24)33(22-12-7-10-20(29)27(22)36)23-13-8-11-21-28(23)37(25)32(35)19-6-5-18-31(21,32)34/h7-15H,3-6,16-19H2,1-2H3. The molecule has 2 fully saturated rings. The van der Waals surface area contributed by atoms with Crippen LogP contribution in [-0.2, 0) is 11.1 Å². The van der Waals surface area contributed by atoms with E-state index in [0.29, 0.717) is 5.56 Å². The number of hydrogen-bond acceptors (Lipinski definition) is 2. The van der Waals surface area contributed by atoms with E-state index < -0.39 is 11.5 Å². The van der Waals surface area contributed by atoms with E-state index in [1.54, 1.807) is 4.90 Å². The quantitative estimate of drug-likeness (QED) is 0.275. The highest BCUT2D eigenvalue weighted by Gasteiger charge is 2.69. The first-order valence-electron chi connectivity index (χ1n) is 14.2. The van der Waals surface area contributed by atoms with Gasteiger partial charge in [-0.15, -0.1) is 0 Å². The van der Waals surface area contributed by atoms with Crippen molar-refractivity contribution in [1.29, 1.82) is 0 Å². The molecule has 0 amide bonds. The number of rotatable bonds is 0. The van der Waals surface area contributed by atoms with E-state index >= 15 is 8.78 Å². The summed E-state index contributed by atoms with van der Waals surface area (Å²) in [5.41, 5.74) is 7.82. The third-order valence-corrected chi connectivity index (χ3v) is 11.6. The third-order valence-electron chi connectivity index (χ3n) is 11.6. The summed E-state index contributed by atoms with van der Waals surface area (Å²) in [6.07, 6.45) is 6.72. The van der Waals surface area contributed by atoms with Crippen LogP contribution in [0.3, 0.4) is 0 Å². The number of alkyl halides is 2. The van der Waals surface area contributed by atoms with E-state index in [1.165, 1.54) is 47.1 Å². The predicted octanol–water partition coefficient (Wildman–Crippen LogP) is 6.13. The molecule has 4 aliphatic heterocycles. The number of nitrogens with zero attached hydrogens (tertiary/aromatic N) is 2.